The lowest BCUT2D eigenvalue weighted by Crippen LogP contribution is -2.27. The van der Waals surface area contributed by atoms with Crippen LogP contribution in [0.1, 0.15) is 13.3 Å². The van der Waals surface area contributed by atoms with Gasteiger partial charge in [0.05, 0.1) is 17.3 Å². The summed E-state index contributed by atoms with van der Waals surface area (Å²) in [5.74, 6) is -0.487. The van der Waals surface area contributed by atoms with Crippen LogP contribution in [0.3, 0.4) is 0 Å². The minimum Gasteiger partial charge on any atom is -0.311 e. The van der Waals surface area contributed by atoms with Crippen LogP contribution in [0.15, 0.2) is 42.9 Å². The lowest BCUT2D eigenvalue weighted by atomic mass is 10.1. The Hall–Kier alpha value is -3.73. The molecular formula is C19H16N6O2. The molecule has 27 heavy (non-hydrogen) atoms. The van der Waals surface area contributed by atoms with Crippen molar-refractivity contribution in [1.29, 1.82) is 5.26 Å². The molecule has 8 nitrogen and oxygen atoms in total. The molecule has 0 saturated carbocycles. The summed E-state index contributed by atoms with van der Waals surface area (Å²) in [6, 6.07) is 9.40. The van der Waals surface area contributed by atoms with Crippen molar-refractivity contribution in [3.05, 3.63) is 42.9 Å². The maximum atomic E-state index is 12.4. The second-order valence-electron chi connectivity index (χ2n) is 6.35. The van der Waals surface area contributed by atoms with Crippen molar-refractivity contribution in [3.63, 3.8) is 0 Å². The van der Waals surface area contributed by atoms with Gasteiger partial charge in [-0.15, -0.1) is 0 Å². The predicted octanol–water partition coefficient (Wildman–Crippen LogP) is 2.23. The fraction of sp³-hybridized carbons (Fsp3) is 0.211. The number of nitrogens with zero attached hydrogens (tertiary/aromatic N) is 5. The molecule has 2 amide bonds. The van der Waals surface area contributed by atoms with Crippen LogP contribution in [0.5, 0.6) is 0 Å². The van der Waals surface area contributed by atoms with E-state index in [2.05, 4.69) is 21.5 Å². The van der Waals surface area contributed by atoms with Crippen LogP contribution in [-0.2, 0) is 9.59 Å². The molecule has 4 rings (SSSR count). The molecule has 1 aliphatic rings. The van der Waals surface area contributed by atoms with Gasteiger partial charge in [-0.25, -0.2) is 9.50 Å². The minimum absolute atomic E-state index is 0.176. The van der Waals surface area contributed by atoms with E-state index in [1.807, 2.05) is 18.3 Å². The summed E-state index contributed by atoms with van der Waals surface area (Å²) in [6.07, 6.45) is 5.64. The van der Waals surface area contributed by atoms with Crippen molar-refractivity contribution in [1.82, 2.24) is 14.6 Å². The summed E-state index contributed by atoms with van der Waals surface area (Å²) in [5.41, 5.74) is 3.26. The number of fused-ring (bicyclic) bond motifs is 1. The smallest absolute Gasteiger partial charge is 0.244 e. The quantitative estimate of drug-likeness (QED) is 0.771. The SMILES string of the molecule is CC(=O)Nc1cc(-c2cc3c(N4CCC(C#N)C4=O)ccnn3c2)ccn1. The Kier molecular flexibility index (Phi) is 4.05. The van der Waals surface area contributed by atoms with E-state index < -0.39 is 5.92 Å². The molecule has 0 radical (unpaired) electrons. The Morgan fingerprint density at radius 3 is 2.89 bits per heavy atom. The number of anilines is 2. The van der Waals surface area contributed by atoms with E-state index in [0.717, 1.165) is 22.3 Å². The van der Waals surface area contributed by atoms with Crippen LogP contribution < -0.4 is 10.2 Å². The maximum Gasteiger partial charge on any atom is 0.244 e. The second kappa shape index (κ2) is 6.53. The topological polar surface area (TPSA) is 103 Å². The van der Waals surface area contributed by atoms with Crippen molar-refractivity contribution < 1.29 is 9.59 Å². The zero-order valence-electron chi connectivity index (χ0n) is 14.6. The molecule has 1 fully saturated rings. The number of nitriles is 1. The van der Waals surface area contributed by atoms with E-state index in [9.17, 15) is 9.59 Å². The second-order valence-corrected chi connectivity index (χ2v) is 6.35. The summed E-state index contributed by atoms with van der Waals surface area (Å²) >= 11 is 0. The summed E-state index contributed by atoms with van der Waals surface area (Å²) in [6.45, 7) is 1.94. The highest BCUT2D eigenvalue weighted by molar-refractivity contribution is 6.02. The molecule has 1 aliphatic heterocycles. The molecule has 1 unspecified atom stereocenters. The zero-order valence-corrected chi connectivity index (χ0v) is 14.6. The molecule has 134 valence electrons. The highest BCUT2D eigenvalue weighted by Gasteiger charge is 2.33. The summed E-state index contributed by atoms with van der Waals surface area (Å²) in [4.78, 5) is 29.5. The van der Waals surface area contributed by atoms with Gasteiger partial charge in [-0.1, -0.05) is 0 Å². The first-order valence-electron chi connectivity index (χ1n) is 8.49. The van der Waals surface area contributed by atoms with Gasteiger partial charge in [-0.05, 0) is 36.2 Å². The molecule has 3 aromatic rings. The van der Waals surface area contributed by atoms with E-state index >= 15 is 0 Å². The Labute approximate surface area is 155 Å². The summed E-state index contributed by atoms with van der Waals surface area (Å²) in [5, 5.41) is 16.1. The molecule has 3 aromatic heterocycles. The molecule has 1 atom stereocenters. The molecule has 0 spiro atoms. The number of carbonyl (C=O) groups is 2. The Morgan fingerprint density at radius 2 is 2.15 bits per heavy atom. The lowest BCUT2D eigenvalue weighted by molar-refractivity contribution is -0.119. The Bertz CT molecular complexity index is 1100. The lowest BCUT2D eigenvalue weighted by Gasteiger charge is -2.16. The number of hydrogen-bond acceptors (Lipinski definition) is 5. The highest BCUT2D eigenvalue weighted by Crippen LogP contribution is 2.32. The molecule has 1 saturated heterocycles. The van der Waals surface area contributed by atoms with Gasteiger partial charge in [0, 0.05) is 37.6 Å². The van der Waals surface area contributed by atoms with Crippen LogP contribution in [0.2, 0.25) is 0 Å². The van der Waals surface area contributed by atoms with Crippen molar-refractivity contribution >= 4 is 28.8 Å². The van der Waals surface area contributed by atoms with E-state index in [-0.39, 0.29) is 11.8 Å². The van der Waals surface area contributed by atoms with Crippen molar-refractivity contribution in [3.8, 4) is 17.2 Å². The first-order chi connectivity index (χ1) is 13.1. The number of amides is 2. The number of aromatic nitrogens is 3. The largest absolute Gasteiger partial charge is 0.311 e. The first kappa shape index (κ1) is 16.7. The average Bonchev–Trinajstić information content (AvgIpc) is 3.24. The molecular weight excluding hydrogens is 344 g/mol. The minimum atomic E-state index is -0.590. The fourth-order valence-electron chi connectivity index (χ4n) is 3.28. The fourth-order valence-corrected chi connectivity index (χ4v) is 3.28. The predicted molar refractivity (Wildman–Crippen MR) is 98.8 cm³/mol. The van der Waals surface area contributed by atoms with Gasteiger partial charge in [0.2, 0.25) is 11.8 Å². The molecule has 0 aliphatic carbocycles. The summed E-state index contributed by atoms with van der Waals surface area (Å²) in [7, 11) is 0. The first-order valence-corrected chi connectivity index (χ1v) is 8.49. The number of nitrogens with one attached hydrogen (secondary N) is 1. The van der Waals surface area contributed by atoms with Gasteiger partial charge in [0.15, 0.2) is 0 Å². The van der Waals surface area contributed by atoms with E-state index in [4.69, 9.17) is 5.26 Å². The Balaban J connectivity index is 1.75. The molecule has 1 N–H and O–H groups in total. The van der Waals surface area contributed by atoms with Gasteiger partial charge in [0.25, 0.3) is 0 Å². The summed E-state index contributed by atoms with van der Waals surface area (Å²) < 4.78 is 1.70. The van der Waals surface area contributed by atoms with Crippen LogP contribution in [0, 0.1) is 17.2 Å². The normalized spacial score (nSPS) is 16.5. The van der Waals surface area contributed by atoms with Crippen LogP contribution in [0.4, 0.5) is 11.5 Å². The van der Waals surface area contributed by atoms with Gasteiger partial charge in [-0.3, -0.25) is 9.59 Å². The third kappa shape index (κ3) is 3.00. The monoisotopic (exact) mass is 360 g/mol. The van der Waals surface area contributed by atoms with Gasteiger partial charge in [-0.2, -0.15) is 10.4 Å². The van der Waals surface area contributed by atoms with Gasteiger partial charge in [0.1, 0.15) is 11.7 Å². The third-order valence-electron chi connectivity index (χ3n) is 4.54. The van der Waals surface area contributed by atoms with E-state index in [1.165, 1.54) is 6.92 Å². The average molecular weight is 360 g/mol. The molecule has 4 heterocycles. The van der Waals surface area contributed by atoms with Gasteiger partial charge < -0.3 is 10.2 Å². The molecule has 8 heteroatoms. The zero-order chi connectivity index (χ0) is 19.0. The Morgan fingerprint density at radius 1 is 1.30 bits per heavy atom. The maximum absolute atomic E-state index is 12.4. The number of carbonyl (C=O) groups excluding carboxylic acids is 2. The van der Waals surface area contributed by atoms with Crippen LogP contribution in [0.25, 0.3) is 16.6 Å². The van der Waals surface area contributed by atoms with E-state index in [1.54, 1.807) is 33.9 Å². The third-order valence-corrected chi connectivity index (χ3v) is 4.54. The van der Waals surface area contributed by atoms with Crippen molar-refractivity contribution in [2.75, 3.05) is 16.8 Å². The number of hydrogen-bond donors (Lipinski definition) is 1. The van der Waals surface area contributed by atoms with Gasteiger partial charge >= 0.3 is 0 Å². The molecule has 0 bridgehead atoms. The van der Waals surface area contributed by atoms with Crippen LogP contribution >= 0.6 is 0 Å². The number of pyridine rings is 1. The molecule has 0 aromatic carbocycles. The van der Waals surface area contributed by atoms with Crippen molar-refractivity contribution in [2.45, 2.75) is 13.3 Å². The standard InChI is InChI=1S/C19H16N6O2/c1-12(26)23-18-9-13(2-5-21-18)15-8-17-16(3-6-22-25(17)11-15)24-7-4-14(10-20)19(24)27/h2-3,5-6,8-9,11,14H,4,7H2,1H3,(H,21,23,26). The highest BCUT2D eigenvalue weighted by atomic mass is 16.2. The van der Waals surface area contributed by atoms with Crippen molar-refractivity contribution in [2.24, 2.45) is 5.92 Å². The van der Waals surface area contributed by atoms with Crippen LogP contribution in [-0.4, -0.2) is 33.0 Å². The van der Waals surface area contributed by atoms with E-state index in [0.29, 0.717) is 18.8 Å². The number of rotatable bonds is 3.